The highest BCUT2D eigenvalue weighted by atomic mass is 15.2. The first-order valence-corrected chi connectivity index (χ1v) is 24.3. The van der Waals surface area contributed by atoms with Gasteiger partial charge in [0.25, 0.3) is 0 Å². The Kier molecular flexibility index (Phi) is 10.8. The van der Waals surface area contributed by atoms with Crippen molar-refractivity contribution in [1.82, 2.24) is 0 Å². The van der Waals surface area contributed by atoms with Crippen LogP contribution in [-0.4, -0.2) is 0 Å². The van der Waals surface area contributed by atoms with Gasteiger partial charge in [0, 0.05) is 33.3 Å². The fourth-order valence-electron chi connectivity index (χ4n) is 10.8. The van der Waals surface area contributed by atoms with E-state index in [-0.39, 0.29) is 0 Å². The minimum atomic E-state index is 1.14. The predicted octanol–water partition coefficient (Wildman–Crippen LogP) is 19.4. The summed E-state index contributed by atoms with van der Waals surface area (Å²) in [6, 6.07) is 89.3. The summed E-state index contributed by atoms with van der Waals surface area (Å²) >= 11 is 0. The fourth-order valence-corrected chi connectivity index (χ4v) is 10.8. The van der Waals surface area contributed by atoms with Crippen molar-refractivity contribution in [2.45, 2.75) is 27.7 Å². The molecule has 12 rings (SSSR count). The standard InChI is InChI=1S/C68H52N2/c1-45-31-33-55(49-21-9-5-10-22-49)43-63(45)69(67-47(3)19-17-29-57(67)51-25-13-7-14-26-51)61-41-37-53-36-40-60-62(42-38-54-35-39-59(61)65(53)66(54)60)70(64-44-56(34-32-46(64)2)50-23-11-6-12-24-50)68-48(4)20-18-30-58(68)52-27-15-8-16-28-52/h5-44H,1-4H3. The lowest BCUT2D eigenvalue weighted by atomic mass is 9.90. The van der Waals surface area contributed by atoms with Crippen LogP contribution >= 0.6 is 0 Å². The molecule has 0 amide bonds. The first kappa shape index (κ1) is 42.6. The molecule has 0 bridgehead atoms. The second kappa shape index (κ2) is 17.7. The van der Waals surface area contributed by atoms with Gasteiger partial charge in [0.05, 0.1) is 22.7 Å². The van der Waals surface area contributed by atoms with Crippen LogP contribution in [0.25, 0.3) is 76.8 Å². The second-order valence-electron chi connectivity index (χ2n) is 18.7. The van der Waals surface area contributed by atoms with Gasteiger partial charge in [0.15, 0.2) is 0 Å². The highest BCUT2D eigenvalue weighted by Gasteiger charge is 2.27. The molecule has 0 aromatic heterocycles. The highest BCUT2D eigenvalue weighted by molar-refractivity contribution is 6.28. The Morgan fingerprint density at radius 2 is 0.600 bits per heavy atom. The highest BCUT2D eigenvalue weighted by Crippen LogP contribution is 2.52. The van der Waals surface area contributed by atoms with Gasteiger partial charge in [-0.3, -0.25) is 0 Å². The van der Waals surface area contributed by atoms with Gasteiger partial charge in [-0.25, -0.2) is 0 Å². The molecule has 0 aliphatic carbocycles. The third-order valence-corrected chi connectivity index (χ3v) is 14.3. The summed E-state index contributed by atoms with van der Waals surface area (Å²) in [7, 11) is 0. The Hall–Kier alpha value is -8.72. The van der Waals surface area contributed by atoms with Gasteiger partial charge in [-0.15, -0.1) is 0 Å². The Morgan fingerprint density at radius 3 is 0.986 bits per heavy atom. The molecule has 12 aromatic carbocycles. The van der Waals surface area contributed by atoms with Gasteiger partial charge < -0.3 is 9.80 Å². The van der Waals surface area contributed by atoms with Gasteiger partial charge in [-0.05, 0) is 129 Å². The number of hydrogen-bond donors (Lipinski definition) is 0. The fraction of sp³-hybridized carbons (Fsp3) is 0.0588. The number of rotatable bonds is 10. The molecule has 12 aromatic rings. The number of aryl methyl sites for hydroxylation is 4. The van der Waals surface area contributed by atoms with Gasteiger partial charge >= 0.3 is 0 Å². The van der Waals surface area contributed by atoms with Crippen molar-refractivity contribution in [2.75, 3.05) is 9.80 Å². The maximum absolute atomic E-state index is 2.55. The molecule has 0 unspecified atom stereocenters. The molecule has 70 heavy (non-hydrogen) atoms. The van der Waals surface area contributed by atoms with E-state index < -0.39 is 0 Å². The molecule has 0 aliphatic rings. The molecular formula is C68H52N2. The number of para-hydroxylation sites is 2. The van der Waals surface area contributed by atoms with Gasteiger partial charge in [-0.1, -0.05) is 218 Å². The van der Waals surface area contributed by atoms with E-state index in [2.05, 4.69) is 280 Å². The topological polar surface area (TPSA) is 6.48 Å². The van der Waals surface area contributed by atoms with Gasteiger partial charge in [-0.2, -0.15) is 0 Å². The predicted molar refractivity (Wildman–Crippen MR) is 300 cm³/mol. The van der Waals surface area contributed by atoms with Crippen LogP contribution in [0.15, 0.2) is 243 Å². The van der Waals surface area contributed by atoms with E-state index in [1.807, 2.05) is 0 Å². The van der Waals surface area contributed by atoms with E-state index in [1.54, 1.807) is 0 Å². The van der Waals surface area contributed by atoms with Crippen molar-refractivity contribution in [1.29, 1.82) is 0 Å². The molecule has 0 heterocycles. The third kappa shape index (κ3) is 7.37. The minimum absolute atomic E-state index is 1.14. The van der Waals surface area contributed by atoms with Crippen LogP contribution in [0.2, 0.25) is 0 Å². The van der Waals surface area contributed by atoms with Crippen molar-refractivity contribution in [3.63, 3.8) is 0 Å². The summed E-state index contributed by atoms with van der Waals surface area (Å²) in [5, 5.41) is 7.35. The first-order valence-electron chi connectivity index (χ1n) is 24.3. The molecule has 2 heteroatoms. The number of benzene rings is 12. The Balaban J connectivity index is 1.15. The quantitative estimate of drug-likeness (QED) is 0.126. The molecular weight excluding hydrogens is 845 g/mol. The SMILES string of the molecule is Cc1ccc(-c2ccccc2)cc1N(c1c(C)cccc1-c1ccccc1)c1ccc2ccc3c(N(c4cc(-c5ccccc5)ccc4C)c4c(C)cccc4-c4ccccc4)ccc4ccc1c2c43. The zero-order valence-electron chi connectivity index (χ0n) is 40.0. The summed E-state index contributed by atoms with van der Waals surface area (Å²) < 4.78 is 0. The van der Waals surface area contributed by atoms with E-state index in [4.69, 9.17) is 0 Å². The van der Waals surface area contributed by atoms with Crippen molar-refractivity contribution in [2.24, 2.45) is 0 Å². The summed E-state index contributed by atoms with van der Waals surface area (Å²) in [6.45, 7) is 9.01. The monoisotopic (exact) mass is 896 g/mol. The lowest BCUT2D eigenvalue weighted by molar-refractivity contribution is 1.24. The Morgan fingerprint density at radius 1 is 0.243 bits per heavy atom. The van der Waals surface area contributed by atoms with Crippen LogP contribution in [0.4, 0.5) is 34.1 Å². The van der Waals surface area contributed by atoms with Crippen LogP contribution in [-0.2, 0) is 0 Å². The minimum Gasteiger partial charge on any atom is -0.309 e. The van der Waals surface area contributed by atoms with Crippen LogP contribution < -0.4 is 9.80 Å². The van der Waals surface area contributed by atoms with E-state index in [9.17, 15) is 0 Å². The summed E-state index contributed by atoms with van der Waals surface area (Å²) in [6.07, 6.45) is 0. The zero-order valence-corrected chi connectivity index (χ0v) is 40.0. The van der Waals surface area contributed by atoms with E-state index in [0.717, 1.165) is 22.7 Å². The molecule has 0 N–H and O–H groups in total. The zero-order chi connectivity index (χ0) is 47.3. The Bertz CT molecular complexity index is 3600. The summed E-state index contributed by atoms with van der Waals surface area (Å²) in [4.78, 5) is 5.10. The van der Waals surface area contributed by atoms with Crippen molar-refractivity contribution >= 4 is 66.4 Å². The lowest BCUT2D eigenvalue weighted by Crippen LogP contribution is -2.15. The average molecular weight is 897 g/mol. The number of hydrogen-bond acceptors (Lipinski definition) is 2. The lowest BCUT2D eigenvalue weighted by Gasteiger charge is -2.33. The number of anilines is 6. The second-order valence-corrected chi connectivity index (χ2v) is 18.7. The molecule has 0 radical (unpaired) electrons. The smallest absolute Gasteiger partial charge is 0.0569 e. The van der Waals surface area contributed by atoms with Crippen molar-refractivity contribution in [3.8, 4) is 44.5 Å². The van der Waals surface area contributed by atoms with E-state index in [0.29, 0.717) is 0 Å². The molecule has 0 fully saturated rings. The molecule has 0 saturated carbocycles. The first-order chi connectivity index (χ1) is 34.4. The van der Waals surface area contributed by atoms with Gasteiger partial charge in [0.2, 0.25) is 0 Å². The third-order valence-electron chi connectivity index (χ3n) is 14.3. The van der Waals surface area contributed by atoms with Crippen LogP contribution in [0, 0.1) is 27.7 Å². The normalized spacial score (nSPS) is 11.4. The van der Waals surface area contributed by atoms with Crippen molar-refractivity contribution < 1.29 is 0 Å². The molecule has 0 spiro atoms. The number of nitrogens with zero attached hydrogens (tertiary/aromatic N) is 2. The summed E-state index contributed by atoms with van der Waals surface area (Å²) in [5.41, 5.74) is 21.2. The van der Waals surface area contributed by atoms with Gasteiger partial charge in [0.1, 0.15) is 0 Å². The Labute approximate surface area is 411 Å². The maximum Gasteiger partial charge on any atom is 0.0569 e. The molecule has 334 valence electrons. The van der Waals surface area contributed by atoms with E-state index >= 15 is 0 Å². The maximum atomic E-state index is 2.55. The average Bonchev–Trinajstić information content (AvgIpc) is 3.41. The molecule has 0 aliphatic heterocycles. The van der Waals surface area contributed by atoms with Crippen molar-refractivity contribution in [3.05, 3.63) is 265 Å². The van der Waals surface area contributed by atoms with Crippen LogP contribution in [0.5, 0.6) is 0 Å². The molecule has 2 nitrogen and oxygen atoms in total. The van der Waals surface area contributed by atoms with Crippen LogP contribution in [0.3, 0.4) is 0 Å². The van der Waals surface area contributed by atoms with Crippen LogP contribution in [0.1, 0.15) is 22.3 Å². The summed E-state index contributed by atoms with van der Waals surface area (Å²) in [5.74, 6) is 0. The molecule has 0 atom stereocenters. The largest absolute Gasteiger partial charge is 0.309 e. The molecule has 0 saturated heterocycles. The van der Waals surface area contributed by atoms with E-state index in [1.165, 1.54) is 110 Å².